The first-order valence-corrected chi connectivity index (χ1v) is 12.6. The van der Waals surface area contributed by atoms with Crippen LogP contribution in [0.2, 0.25) is 0 Å². The van der Waals surface area contributed by atoms with Crippen LogP contribution >= 0.6 is 0 Å². The Morgan fingerprint density at radius 2 is 1.74 bits per heavy atom. The number of sulfonamides is 1. The fourth-order valence-electron chi connectivity index (χ4n) is 4.46. The third kappa shape index (κ3) is 5.55. The van der Waals surface area contributed by atoms with E-state index in [1.54, 1.807) is 0 Å². The number of hydrogen-bond acceptors (Lipinski definition) is 3. The molecule has 1 heterocycles. The van der Waals surface area contributed by atoms with Gasteiger partial charge in [-0.25, -0.2) is 8.42 Å². The number of unbranched alkanes of at least 4 members (excludes halogenated alkanes) is 1. The lowest BCUT2D eigenvalue weighted by Gasteiger charge is -2.32. The highest BCUT2D eigenvalue weighted by atomic mass is 32.2. The highest BCUT2D eigenvalue weighted by Gasteiger charge is 2.34. The Kier molecular flexibility index (Phi) is 7.55. The highest BCUT2D eigenvalue weighted by molar-refractivity contribution is 7.89. The number of nitrogens with zero attached hydrogens (tertiary/aromatic N) is 1. The van der Waals surface area contributed by atoms with E-state index in [9.17, 15) is 13.2 Å². The van der Waals surface area contributed by atoms with Gasteiger partial charge in [-0.05, 0) is 75.3 Å². The van der Waals surface area contributed by atoms with Crippen LogP contribution in [0.4, 0.5) is 5.69 Å². The molecule has 0 spiro atoms. The molecule has 1 N–H and O–H groups in total. The van der Waals surface area contributed by atoms with Crippen molar-refractivity contribution in [2.24, 2.45) is 5.92 Å². The summed E-state index contributed by atoms with van der Waals surface area (Å²) in [5, 5.41) is 2.98. The van der Waals surface area contributed by atoms with Crippen LogP contribution in [0.5, 0.6) is 0 Å². The standard InChI is InChI=1S/C25H34N2O3S/c1-5-6-8-21-10-12-23(13-11-21)26-25(28)22-9-7-14-27(17-22)31(29,30)24-19(3)15-18(2)16-20(24)4/h10-13,15-16,22H,5-9,14,17H2,1-4H3,(H,26,28)/t22-/m0/s1. The van der Waals surface area contributed by atoms with Gasteiger partial charge in [0.2, 0.25) is 15.9 Å². The molecule has 0 aliphatic carbocycles. The van der Waals surface area contributed by atoms with Gasteiger partial charge < -0.3 is 5.32 Å². The lowest BCUT2D eigenvalue weighted by molar-refractivity contribution is -0.120. The van der Waals surface area contributed by atoms with E-state index in [0.717, 1.165) is 41.6 Å². The van der Waals surface area contributed by atoms with Gasteiger partial charge in [-0.1, -0.05) is 43.2 Å². The smallest absolute Gasteiger partial charge is 0.243 e. The van der Waals surface area contributed by atoms with Gasteiger partial charge in [-0.3, -0.25) is 4.79 Å². The maximum atomic E-state index is 13.4. The number of carbonyl (C=O) groups is 1. The summed E-state index contributed by atoms with van der Waals surface area (Å²) in [4.78, 5) is 13.3. The summed E-state index contributed by atoms with van der Waals surface area (Å²) < 4.78 is 28.3. The van der Waals surface area contributed by atoms with Crippen LogP contribution in [0, 0.1) is 26.7 Å². The number of nitrogens with one attached hydrogen (secondary N) is 1. The number of hydrogen-bond donors (Lipinski definition) is 1. The molecule has 31 heavy (non-hydrogen) atoms. The molecule has 1 fully saturated rings. The number of piperidine rings is 1. The van der Waals surface area contributed by atoms with E-state index in [-0.39, 0.29) is 18.4 Å². The first-order valence-electron chi connectivity index (χ1n) is 11.2. The lowest BCUT2D eigenvalue weighted by atomic mass is 9.98. The van der Waals surface area contributed by atoms with Crippen molar-refractivity contribution in [3.8, 4) is 0 Å². The maximum Gasteiger partial charge on any atom is 0.243 e. The summed E-state index contributed by atoms with van der Waals surface area (Å²) in [5.74, 6) is -0.465. The van der Waals surface area contributed by atoms with Gasteiger partial charge in [0.05, 0.1) is 10.8 Å². The van der Waals surface area contributed by atoms with Gasteiger partial charge in [0.25, 0.3) is 0 Å². The van der Waals surface area contributed by atoms with Crippen LogP contribution in [0.3, 0.4) is 0 Å². The third-order valence-corrected chi connectivity index (χ3v) is 8.17. The summed E-state index contributed by atoms with van der Waals surface area (Å²) in [6, 6.07) is 11.8. The highest BCUT2D eigenvalue weighted by Crippen LogP contribution is 2.29. The first-order chi connectivity index (χ1) is 14.7. The summed E-state index contributed by atoms with van der Waals surface area (Å²) >= 11 is 0. The minimum Gasteiger partial charge on any atom is -0.326 e. The van der Waals surface area contributed by atoms with E-state index >= 15 is 0 Å². The molecule has 5 nitrogen and oxygen atoms in total. The second-order valence-corrected chi connectivity index (χ2v) is 10.6. The van der Waals surface area contributed by atoms with Crippen LogP contribution in [-0.4, -0.2) is 31.7 Å². The quantitative estimate of drug-likeness (QED) is 0.657. The monoisotopic (exact) mass is 442 g/mol. The van der Waals surface area contributed by atoms with Gasteiger partial charge in [-0.2, -0.15) is 4.31 Å². The molecular formula is C25H34N2O3S. The zero-order valence-electron chi connectivity index (χ0n) is 19.1. The van der Waals surface area contributed by atoms with E-state index in [4.69, 9.17) is 0 Å². The average molecular weight is 443 g/mol. The molecule has 6 heteroatoms. The second-order valence-electron chi connectivity index (χ2n) is 8.72. The SMILES string of the molecule is CCCCc1ccc(NC(=O)[C@H]2CCCN(S(=O)(=O)c3c(C)cc(C)cc3C)C2)cc1. The van der Waals surface area contributed by atoms with Crippen molar-refractivity contribution >= 4 is 21.6 Å². The van der Waals surface area contributed by atoms with Gasteiger partial charge in [0.15, 0.2) is 0 Å². The van der Waals surface area contributed by atoms with Crippen LogP contribution < -0.4 is 5.32 Å². The minimum atomic E-state index is -3.64. The fourth-order valence-corrected chi connectivity index (χ4v) is 6.39. The summed E-state index contributed by atoms with van der Waals surface area (Å²) in [5.41, 5.74) is 4.58. The second kappa shape index (κ2) is 9.96. The Hall–Kier alpha value is -2.18. The van der Waals surface area contributed by atoms with Crippen molar-refractivity contribution in [2.45, 2.75) is 64.7 Å². The molecule has 1 aliphatic rings. The number of rotatable bonds is 7. The third-order valence-electron chi connectivity index (χ3n) is 6.00. The van der Waals surface area contributed by atoms with Crippen molar-refractivity contribution in [3.63, 3.8) is 0 Å². The van der Waals surface area contributed by atoms with Crippen LogP contribution in [0.15, 0.2) is 41.3 Å². The Morgan fingerprint density at radius 3 is 2.35 bits per heavy atom. The normalized spacial score (nSPS) is 17.5. The maximum absolute atomic E-state index is 13.4. The molecule has 1 amide bonds. The number of benzene rings is 2. The molecule has 1 saturated heterocycles. The summed E-state index contributed by atoms with van der Waals surface area (Å²) in [6.07, 6.45) is 4.72. The van der Waals surface area contributed by atoms with E-state index in [1.165, 1.54) is 9.87 Å². The Morgan fingerprint density at radius 1 is 1.10 bits per heavy atom. The molecule has 0 saturated carbocycles. The molecule has 168 valence electrons. The van der Waals surface area contributed by atoms with Crippen LogP contribution in [0.1, 0.15) is 54.9 Å². The Balaban J connectivity index is 1.70. The molecule has 3 rings (SSSR count). The Labute approximate surface area is 186 Å². The summed E-state index contributed by atoms with van der Waals surface area (Å²) in [6.45, 7) is 8.48. The topological polar surface area (TPSA) is 66.5 Å². The van der Waals surface area contributed by atoms with Gasteiger partial charge in [0.1, 0.15) is 0 Å². The molecule has 2 aromatic carbocycles. The van der Waals surface area contributed by atoms with Gasteiger partial charge in [0, 0.05) is 18.8 Å². The lowest BCUT2D eigenvalue weighted by Crippen LogP contribution is -2.44. The summed E-state index contributed by atoms with van der Waals surface area (Å²) in [7, 11) is -3.64. The van der Waals surface area contributed by atoms with Crippen molar-refractivity contribution in [2.75, 3.05) is 18.4 Å². The largest absolute Gasteiger partial charge is 0.326 e. The first kappa shape index (κ1) is 23.5. The molecule has 0 radical (unpaired) electrons. The van der Waals surface area contributed by atoms with Gasteiger partial charge in [-0.15, -0.1) is 0 Å². The molecule has 1 atom stereocenters. The molecule has 0 bridgehead atoms. The zero-order chi connectivity index (χ0) is 22.6. The average Bonchev–Trinajstić information content (AvgIpc) is 2.72. The van der Waals surface area contributed by atoms with E-state index in [0.29, 0.717) is 24.3 Å². The molecule has 2 aromatic rings. The van der Waals surface area contributed by atoms with Crippen LogP contribution in [-0.2, 0) is 21.2 Å². The number of amides is 1. The molecule has 0 aromatic heterocycles. The predicted molar refractivity (Wildman–Crippen MR) is 126 cm³/mol. The van der Waals surface area contributed by atoms with E-state index in [1.807, 2.05) is 57.2 Å². The van der Waals surface area contributed by atoms with Gasteiger partial charge >= 0.3 is 0 Å². The number of anilines is 1. The fraction of sp³-hybridized carbons (Fsp3) is 0.480. The van der Waals surface area contributed by atoms with Crippen molar-refractivity contribution in [3.05, 3.63) is 58.7 Å². The number of aryl methyl sites for hydroxylation is 4. The molecule has 1 aliphatic heterocycles. The van der Waals surface area contributed by atoms with Crippen molar-refractivity contribution < 1.29 is 13.2 Å². The van der Waals surface area contributed by atoms with Crippen LogP contribution in [0.25, 0.3) is 0 Å². The molecule has 0 unspecified atom stereocenters. The van der Waals surface area contributed by atoms with Crippen molar-refractivity contribution in [1.82, 2.24) is 4.31 Å². The van der Waals surface area contributed by atoms with E-state index in [2.05, 4.69) is 12.2 Å². The number of carbonyl (C=O) groups excluding carboxylic acids is 1. The predicted octanol–water partition coefficient (Wildman–Crippen LogP) is 4.99. The zero-order valence-corrected chi connectivity index (χ0v) is 19.9. The molecular weight excluding hydrogens is 408 g/mol. The van der Waals surface area contributed by atoms with Crippen molar-refractivity contribution in [1.29, 1.82) is 0 Å². The minimum absolute atomic E-state index is 0.112. The van der Waals surface area contributed by atoms with E-state index < -0.39 is 10.0 Å². The Bertz CT molecular complexity index is 1010.